The van der Waals surface area contributed by atoms with Crippen LogP contribution in [0.4, 0.5) is 5.69 Å². The van der Waals surface area contributed by atoms with E-state index in [1.807, 2.05) is 6.07 Å². The Hall–Kier alpha value is -2.73. The number of fused-ring (bicyclic) bond motifs is 1. The third-order valence-corrected chi connectivity index (χ3v) is 5.14. The summed E-state index contributed by atoms with van der Waals surface area (Å²) < 4.78 is 2.66. The number of pyridine rings is 2. The van der Waals surface area contributed by atoms with Crippen molar-refractivity contribution >= 4 is 27.5 Å². The van der Waals surface area contributed by atoms with Crippen LogP contribution in [0, 0.1) is 0 Å². The van der Waals surface area contributed by atoms with Crippen molar-refractivity contribution < 1.29 is 4.79 Å². The Kier molecular flexibility index (Phi) is 4.42. The van der Waals surface area contributed by atoms with E-state index < -0.39 is 5.91 Å². The highest BCUT2D eigenvalue weighted by atomic mass is 79.9. The molecule has 3 aromatic rings. The maximum absolute atomic E-state index is 13.0. The van der Waals surface area contributed by atoms with Gasteiger partial charge in [0.2, 0.25) is 0 Å². The van der Waals surface area contributed by atoms with E-state index >= 15 is 0 Å². The summed E-state index contributed by atoms with van der Waals surface area (Å²) in [4.78, 5) is 29.4. The molecule has 0 saturated carbocycles. The maximum Gasteiger partial charge on any atom is 0.263 e. The van der Waals surface area contributed by atoms with Gasteiger partial charge in [-0.05, 0) is 60.4 Å². The number of nitrogens with one attached hydrogen (secondary N) is 1. The van der Waals surface area contributed by atoms with E-state index in [1.54, 1.807) is 47.4 Å². The van der Waals surface area contributed by atoms with Crippen molar-refractivity contribution in [1.82, 2.24) is 9.55 Å². The molecular weight excluding hydrogens is 394 g/mol. The number of carbonyl (C=O) groups excluding carboxylic acids is 1. The van der Waals surface area contributed by atoms with Gasteiger partial charge in [0, 0.05) is 28.8 Å². The molecule has 1 N–H and O–H groups in total. The summed E-state index contributed by atoms with van der Waals surface area (Å²) in [6.07, 6.45) is 6.71. The molecule has 1 aliphatic carbocycles. The number of nitrogens with zero attached hydrogens (tertiary/aromatic N) is 2. The van der Waals surface area contributed by atoms with Crippen LogP contribution in [-0.2, 0) is 6.42 Å². The lowest BCUT2D eigenvalue weighted by Gasteiger charge is -2.16. The molecule has 1 unspecified atom stereocenters. The van der Waals surface area contributed by atoms with Crippen molar-refractivity contribution in [3.63, 3.8) is 0 Å². The van der Waals surface area contributed by atoms with E-state index in [0.29, 0.717) is 5.69 Å². The van der Waals surface area contributed by atoms with Crippen LogP contribution in [0.25, 0.3) is 0 Å². The van der Waals surface area contributed by atoms with Crippen LogP contribution < -0.4 is 10.9 Å². The molecule has 1 atom stereocenters. The van der Waals surface area contributed by atoms with Crippen molar-refractivity contribution in [3.8, 4) is 0 Å². The Morgan fingerprint density at radius 2 is 2.00 bits per heavy atom. The van der Waals surface area contributed by atoms with Gasteiger partial charge in [-0.2, -0.15) is 0 Å². The molecule has 6 heteroatoms. The summed E-state index contributed by atoms with van der Waals surface area (Å²) in [5, 5.41) is 2.75. The molecule has 26 heavy (non-hydrogen) atoms. The topological polar surface area (TPSA) is 64.0 Å². The number of aromatic nitrogens is 2. The third kappa shape index (κ3) is 3.08. The lowest BCUT2D eigenvalue weighted by Crippen LogP contribution is -2.31. The van der Waals surface area contributed by atoms with E-state index in [9.17, 15) is 9.59 Å². The summed E-state index contributed by atoms with van der Waals surface area (Å²) in [6, 6.07) is 12.8. The highest BCUT2D eigenvalue weighted by molar-refractivity contribution is 9.10. The molecule has 5 nitrogen and oxygen atoms in total. The average Bonchev–Trinajstić information content (AvgIpc) is 3.05. The van der Waals surface area contributed by atoms with Gasteiger partial charge in [0.15, 0.2) is 0 Å². The maximum atomic E-state index is 13.0. The molecular formula is C20H16BrN3O2. The van der Waals surface area contributed by atoms with E-state index in [-0.39, 0.29) is 17.2 Å². The van der Waals surface area contributed by atoms with Crippen molar-refractivity contribution in [1.29, 1.82) is 0 Å². The number of benzene rings is 1. The number of amides is 1. The first kappa shape index (κ1) is 16.7. The summed E-state index contributed by atoms with van der Waals surface area (Å²) in [6.45, 7) is 0. The summed E-state index contributed by atoms with van der Waals surface area (Å²) in [7, 11) is 0. The van der Waals surface area contributed by atoms with Crippen molar-refractivity contribution in [3.05, 3.63) is 92.6 Å². The molecule has 0 aliphatic heterocycles. The fourth-order valence-corrected chi connectivity index (χ4v) is 3.78. The monoisotopic (exact) mass is 409 g/mol. The van der Waals surface area contributed by atoms with Crippen LogP contribution in [0.3, 0.4) is 0 Å². The molecule has 4 rings (SSSR count). The van der Waals surface area contributed by atoms with Crippen molar-refractivity contribution in [2.45, 2.75) is 18.9 Å². The normalized spacial score (nSPS) is 15.5. The highest BCUT2D eigenvalue weighted by Gasteiger charge is 2.26. The highest BCUT2D eigenvalue weighted by Crippen LogP contribution is 2.35. The van der Waals surface area contributed by atoms with Gasteiger partial charge in [0.1, 0.15) is 5.56 Å². The van der Waals surface area contributed by atoms with Gasteiger partial charge in [-0.3, -0.25) is 14.6 Å². The second-order valence-electron chi connectivity index (χ2n) is 6.22. The molecule has 1 amide bonds. The Morgan fingerprint density at radius 1 is 1.19 bits per heavy atom. The molecule has 1 aliphatic rings. The lowest BCUT2D eigenvalue weighted by atomic mass is 10.1. The number of carbonyl (C=O) groups is 1. The number of aryl methyl sites for hydroxylation is 1. The predicted octanol–water partition coefficient (Wildman–Crippen LogP) is 3.79. The standard InChI is InChI=1S/C20H16BrN3O2/c21-14-5-3-13-4-6-18(17(13)12-14)24-11-1-2-16(20(24)26)19(25)23-15-7-9-22-10-8-15/h1-3,5,7-12,18H,4,6H2,(H,22,23,25). The van der Waals surface area contributed by atoms with Gasteiger partial charge in [-0.15, -0.1) is 0 Å². The van der Waals surface area contributed by atoms with Gasteiger partial charge < -0.3 is 9.88 Å². The van der Waals surface area contributed by atoms with E-state index in [2.05, 4.69) is 38.4 Å². The largest absolute Gasteiger partial charge is 0.322 e. The second kappa shape index (κ2) is 6.88. The third-order valence-electron chi connectivity index (χ3n) is 4.65. The van der Waals surface area contributed by atoms with Crippen molar-refractivity contribution in [2.24, 2.45) is 0 Å². The molecule has 0 bridgehead atoms. The average molecular weight is 410 g/mol. The fraction of sp³-hybridized carbons (Fsp3) is 0.150. The Balaban J connectivity index is 1.69. The first-order valence-electron chi connectivity index (χ1n) is 8.34. The van der Waals surface area contributed by atoms with E-state index in [0.717, 1.165) is 22.9 Å². The number of hydrogen-bond donors (Lipinski definition) is 1. The second-order valence-corrected chi connectivity index (χ2v) is 7.14. The Bertz CT molecular complexity index is 1030. The molecule has 0 spiro atoms. The number of hydrogen-bond acceptors (Lipinski definition) is 3. The molecule has 0 radical (unpaired) electrons. The minimum absolute atomic E-state index is 0.0522. The lowest BCUT2D eigenvalue weighted by molar-refractivity contribution is 0.102. The zero-order valence-electron chi connectivity index (χ0n) is 13.9. The predicted molar refractivity (Wildman–Crippen MR) is 103 cm³/mol. The molecule has 1 aromatic carbocycles. The zero-order valence-corrected chi connectivity index (χ0v) is 15.4. The smallest absolute Gasteiger partial charge is 0.263 e. The van der Waals surface area contributed by atoms with E-state index in [1.165, 1.54) is 5.56 Å². The Morgan fingerprint density at radius 3 is 2.81 bits per heavy atom. The van der Waals surface area contributed by atoms with Crippen LogP contribution in [0.15, 0.2) is 70.3 Å². The molecule has 130 valence electrons. The Labute approximate surface area is 158 Å². The van der Waals surface area contributed by atoms with Gasteiger partial charge in [0.25, 0.3) is 11.5 Å². The van der Waals surface area contributed by atoms with Crippen molar-refractivity contribution in [2.75, 3.05) is 5.32 Å². The molecule has 2 aromatic heterocycles. The minimum atomic E-state index is -0.414. The number of rotatable bonds is 3. The zero-order chi connectivity index (χ0) is 18.1. The quantitative estimate of drug-likeness (QED) is 0.715. The number of anilines is 1. The summed E-state index contributed by atoms with van der Waals surface area (Å²) in [5.74, 6) is -0.414. The summed E-state index contributed by atoms with van der Waals surface area (Å²) in [5.41, 5.74) is 2.84. The molecule has 0 saturated heterocycles. The van der Waals surface area contributed by atoms with Crippen LogP contribution in [-0.4, -0.2) is 15.5 Å². The van der Waals surface area contributed by atoms with Gasteiger partial charge >= 0.3 is 0 Å². The molecule has 2 heterocycles. The first-order valence-corrected chi connectivity index (χ1v) is 9.13. The fourth-order valence-electron chi connectivity index (χ4n) is 3.40. The van der Waals surface area contributed by atoms with Gasteiger partial charge in [0.05, 0.1) is 6.04 Å². The van der Waals surface area contributed by atoms with Crippen LogP contribution in [0.5, 0.6) is 0 Å². The van der Waals surface area contributed by atoms with Gasteiger partial charge in [-0.1, -0.05) is 22.0 Å². The molecule has 0 fully saturated rings. The summed E-state index contributed by atoms with van der Waals surface area (Å²) >= 11 is 3.50. The van der Waals surface area contributed by atoms with Crippen LogP contribution >= 0.6 is 15.9 Å². The van der Waals surface area contributed by atoms with Crippen LogP contribution in [0.1, 0.15) is 33.9 Å². The SMILES string of the molecule is O=C(Nc1ccncc1)c1cccn(C2CCc3ccc(Br)cc32)c1=O. The number of halogens is 1. The first-order chi connectivity index (χ1) is 12.6. The van der Waals surface area contributed by atoms with Crippen LogP contribution in [0.2, 0.25) is 0 Å². The van der Waals surface area contributed by atoms with E-state index in [4.69, 9.17) is 0 Å². The van der Waals surface area contributed by atoms with Gasteiger partial charge in [-0.25, -0.2) is 0 Å². The minimum Gasteiger partial charge on any atom is -0.322 e.